The van der Waals surface area contributed by atoms with E-state index in [0.717, 1.165) is 56.0 Å². The zero-order valence-electron chi connectivity index (χ0n) is 18.2. The van der Waals surface area contributed by atoms with E-state index in [1.165, 1.54) is 22.1 Å². The van der Waals surface area contributed by atoms with Gasteiger partial charge in [-0.2, -0.15) is 0 Å². The molecular formula is C28H31NO2. The van der Waals surface area contributed by atoms with Crippen LogP contribution in [0.4, 0.5) is 0 Å². The second-order valence-corrected chi connectivity index (χ2v) is 10.4. The number of nitrogens with zero attached hydrogens (tertiary/aromatic N) is 1. The van der Waals surface area contributed by atoms with E-state index in [-0.39, 0.29) is 17.4 Å². The summed E-state index contributed by atoms with van der Waals surface area (Å²) in [5.41, 5.74) is 5.28. The molecule has 4 aliphatic carbocycles. The fourth-order valence-corrected chi connectivity index (χ4v) is 7.00. The fraction of sp³-hybridized carbons (Fsp3) is 0.464. The molecule has 1 aromatic carbocycles. The van der Waals surface area contributed by atoms with Gasteiger partial charge in [0.2, 0.25) is 0 Å². The minimum atomic E-state index is -0.779. The van der Waals surface area contributed by atoms with E-state index in [0.29, 0.717) is 5.92 Å². The minimum absolute atomic E-state index is 0.0678. The second kappa shape index (κ2) is 6.88. The minimum Gasteiger partial charge on any atom is -0.393 e. The van der Waals surface area contributed by atoms with Crippen LogP contribution in [-0.4, -0.2) is 26.9 Å². The predicted octanol–water partition coefficient (Wildman–Crippen LogP) is 5.59. The summed E-state index contributed by atoms with van der Waals surface area (Å²) in [7, 11) is 0. The maximum absolute atomic E-state index is 12.1. The summed E-state index contributed by atoms with van der Waals surface area (Å²) in [6.07, 6.45) is 15.0. The first kappa shape index (κ1) is 19.5. The van der Waals surface area contributed by atoms with Crippen LogP contribution in [0.1, 0.15) is 57.4 Å². The number of aliphatic hydroxyl groups is 2. The van der Waals surface area contributed by atoms with Crippen LogP contribution in [0.5, 0.6) is 0 Å². The van der Waals surface area contributed by atoms with Gasteiger partial charge in [-0.1, -0.05) is 42.9 Å². The van der Waals surface area contributed by atoms with Gasteiger partial charge in [0.1, 0.15) is 0 Å². The number of fused-ring (bicyclic) bond motifs is 5. The highest BCUT2D eigenvalue weighted by atomic mass is 16.3. The van der Waals surface area contributed by atoms with Crippen molar-refractivity contribution < 1.29 is 10.2 Å². The lowest BCUT2D eigenvalue weighted by Crippen LogP contribution is -2.48. The highest BCUT2D eigenvalue weighted by Gasteiger charge is 2.55. The molecule has 2 N–H and O–H groups in total. The lowest BCUT2D eigenvalue weighted by molar-refractivity contribution is -0.0330. The molecule has 1 aromatic heterocycles. The molecule has 4 aliphatic rings. The highest BCUT2D eigenvalue weighted by Crippen LogP contribution is 2.61. The van der Waals surface area contributed by atoms with Crippen LogP contribution < -0.4 is 0 Å². The molecule has 160 valence electrons. The molecular weight excluding hydrogens is 382 g/mol. The molecule has 1 saturated carbocycles. The Kier molecular flexibility index (Phi) is 4.32. The Morgan fingerprint density at radius 1 is 1.10 bits per heavy atom. The van der Waals surface area contributed by atoms with E-state index in [1.807, 2.05) is 12.3 Å². The van der Waals surface area contributed by atoms with Gasteiger partial charge in [0.05, 0.1) is 17.2 Å². The largest absolute Gasteiger partial charge is 0.393 e. The Morgan fingerprint density at radius 3 is 2.90 bits per heavy atom. The normalized spacial score (nSPS) is 37.1. The van der Waals surface area contributed by atoms with Crippen LogP contribution in [0.25, 0.3) is 16.5 Å². The average molecular weight is 414 g/mol. The molecule has 31 heavy (non-hydrogen) atoms. The number of allylic oxidation sites excluding steroid dienone is 3. The van der Waals surface area contributed by atoms with E-state index in [4.69, 9.17) is 0 Å². The smallest absolute Gasteiger partial charge is 0.0933 e. The molecule has 1 heterocycles. The predicted molar refractivity (Wildman–Crippen MR) is 124 cm³/mol. The zero-order valence-corrected chi connectivity index (χ0v) is 18.2. The first-order chi connectivity index (χ1) is 15.0. The van der Waals surface area contributed by atoms with Crippen molar-refractivity contribution in [1.82, 2.24) is 4.98 Å². The SMILES string of the molecule is CC12CC=C3C=C4CC(O)CCC4CC[C@]3(O)C1CC=C2c1ccc2ncccc2c1. The van der Waals surface area contributed by atoms with Crippen LogP contribution in [0.15, 0.2) is 65.9 Å². The maximum Gasteiger partial charge on any atom is 0.0933 e. The first-order valence-electron chi connectivity index (χ1n) is 11.8. The number of hydrogen-bond donors (Lipinski definition) is 2. The molecule has 0 aliphatic heterocycles. The van der Waals surface area contributed by atoms with Crippen molar-refractivity contribution in [3.63, 3.8) is 0 Å². The summed E-state index contributed by atoms with van der Waals surface area (Å²) in [4.78, 5) is 4.47. The van der Waals surface area contributed by atoms with Gasteiger partial charge in [-0.25, -0.2) is 0 Å². The van der Waals surface area contributed by atoms with E-state index in [9.17, 15) is 10.2 Å². The molecule has 5 atom stereocenters. The Morgan fingerprint density at radius 2 is 2.00 bits per heavy atom. The molecule has 0 amide bonds. The number of aromatic nitrogens is 1. The van der Waals surface area contributed by atoms with E-state index in [1.54, 1.807) is 0 Å². The van der Waals surface area contributed by atoms with Crippen molar-refractivity contribution in [2.24, 2.45) is 17.3 Å². The van der Waals surface area contributed by atoms with Crippen molar-refractivity contribution in [2.75, 3.05) is 0 Å². The van der Waals surface area contributed by atoms with Gasteiger partial charge < -0.3 is 10.2 Å². The Hall–Kier alpha value is -2.23. The highest BCUT2D eigenvalue weighted by molar-refractivity contribution is 5.85. The van der Waals surface area contributed by atoms with Gasteiger partial charge in [-0.05, 0) is 85.8 Å². The maximum atomic E-state index is 12.1. The Bertz CT molecular complexity index is 1140. The van der Waals surface area contributed by atoms with Crippen molar-refractivity contribution in [1.29, 1.82) is 0 Å². The van der Waals surface area contributed by atoms with Gasteiger partial charge in [0, 0.05) is 22.9 Å². The van der Waals surface area contributed by atoms with Gasteiger partial charge in [0.25, 0.3) is 0 Å². The van der Waals surface area contributed by atoms with Gasteiger partial charge >= 0.3 is 0 Å². The number of benzene rings is 1. The van der Waals surface area contributed by atoms with Crippen LogP contribution in [-0.2, 0) is 0 Å². The first-order valence-corrected chi connectivity index (χ1v) is 11.8. The third-order valence-corrected chi connectivity index (χ3v) is 8.74. The van der Waals surface area contributed by atoms with E-state index >= 15 is 0 Å². The molecule has 6 rings (SSSR count). The van der Waals surface area contributed by atoms with Gasteiger partial charge in [0.15, 0.2) is 0 Å². The summed E-state index contributed by atoms with van der Waals surface area (Å²) in [6, 6.07) is 10.7. The van der Waals surface area contributed by atoms with Crippen LogP contribution >= 0.6 is 0 Å². The van der Waals surface area contributed by atoms with Crippen molar-refractivity contribution >= 4 is 16.5 Å². The summed E-state index contributed by atoms with van der Waals surface area (Å²) in [5.74, 6) is 0.716. The van der Waals surface area contributed by atoms with Crippen molar-refractivity contribution in [2.45, 2.75) is 63.6 Å². The Balaban J connectivity index is 1.38. The summed E-state index contributed by atoms with van der Waals surface area (Å²) in [6.45, 7) is 2.35. The number of hydrogen-bond acceptors (Lipinski definition) is 3. The summed E-state index contributed by atoms with van der Waals surface area (Å²) < 4.78 is 0. The third kappa shape index (κ3) is 2.90. The van der Waals surface area contributed by atoms with Crippen molar-refractivity contribution in [3.05, 3.63) is 71.5 Å². The number of rotatable bonds is 1. The molecule has 0 saturated heterocycles. The molecule has 1 fully saturated rings. The van der Waals surface area contributed by atoms with E-state index < -0.39 is 5.60 Å². The Labute approximate surface area is 184 Å². The molecule has 0 spiro atoms. The van der Waals surface area contributed by atoms with Crippen molar-refractivity contribution in [3.8, 4) is 0 Å². The second-order valence-electron chi connectivity index (χ2n) is 10.4. The zero-order chi connectivity index (χ0) is 21.2. The quantitative estimate of drug-likeness (QED) is 0.641. The topological polar surface area (TPSA) is 53.4 Å². The number of aliphatic hydroxyl groups excluding tert-OH is 1. The third-order valence-electron chi connectivity index (χ3n) is 8.74. The van der Waals surface area contributed by atoms with Crippen LogP contribution in [0.3, 0.4) is 0 Å². The molecule has 2 aromatic rings. The van der Waals surface area contributed by atoms with Gasteiger partial charge in [-0.3, -0.25) is 4.98 Å². The monoisotopic (exact) mass is 413 g/mol. The standard InChI is InChI=1S/C28H31NO2/c1-27-12-11-22-16-21-17-23(30)6-4-18(21)10-13-28(22,31)26(27)9-7-24(27)19-5-8-25-20(15-19)3-2-14-29-25/h2-3,5,7-8,11,14-16,18,23,26,30-31H,4,6,9-10,12-13,17H2,1H3/t18?,23?,26?,27?,28-/m1/s1. The lowest BCUT2D eigenvalue weighted by atomic mass is 9.58. The molecule has 0 bridgehead atoms. The molecule has 0 radical (unpaired) electrons. The number of pyridine rings is 1. The molecule has 3 heteroatoms. The summed E-state index contributed by atoms with van der Waals surface area (Å²) in [5, 5.41) is 23.5. The molecule has 3 nitrogen and oxygen atoms in total. The lowest BCUT2D eigenvalue weighted by Gasteiger charge is -2.48. The van der Waals surface area contributed by atoms with Crippen LogP contribution in [0.2, 0.25) is 0 Å². The van der Waals surface area contributed by atoms with Gasteiger partial charge in [-0.15, -0.1) is 0 Å². The molecule has 4 unspecified atom stereocenters. The van der Waals surface area contributed by atoms with E-state index in [2.05, 4.69) is 54.4 Å². The van der Waals surface area contributed by atoms with Crippen LogP contribution in [0, 0.1) is 17.3 Å². The fourth-order valence-electron chi connectivity index (χ4n) is 7.00. The summed E-state index contributed by atoms with van der Waals surface area (Å²) >= 11 is 0. The average Bonchev–Trinajstić information content (AvgIpc) is 3.06.